The second-order valence-electron chi connectivity index (χ2n) is 8.25. The highest BCUT2D eigenvalue weighted by Crippen LogP contribution is 2.34. The summed E-state index contributed by atoms with van der Waals surface area (Å²) in [6.07, 6.45) is 0. The largest absolute Gasteiger partial charge is 0.508 e. The third kappa shape index (κ3) is 5.82. The number of hydrogen-bond acceptors (Lipinski definition) is 4. The molecule has 0 radical (unpaired) electrons. The van der Waals surface area contributed by atoms with Gasteiger partial charge in [0.25, 0.3) is 0 Å². The molecule has 4 rings (SSSR count). The molecule has 0 bridgehead atoms. The Balaban J connectivity index is 1.68. The van der Waals surface area contributed by atoms with Crippen LogP contribution in [0.4, 0.5) is 5.69 Å². The van der Waals surface area contributed by atoms with Crippen LogP contribution in [0.2, 0.25) is 0 Å². The minimum absolute atomic E-state index is 0.151. The molecule has 0 saturated heterocycles. The summed E-state index contributed by atoms with van der Waals surface area (Å²) in [5.74, 6) is -0.556. The predicted octanol–water partition coefficient (Wildman–Crippen LogP) is 5.18. The normalized spacial score (nSPS) is 13.4. The van der Waals surface area contributed by atoms with Crippen molar-refractivity contribution in [2.24, 2.45) is 11.7 Å². The number of amides is 1. The fourth-order valence-electron chi connectivity index (χ4n) is 4.08. The summed E-state index contributed by atoms with van der Waals surface area (Å²) in [4.78, 5) is 13.7. The van der Waals surface area contributed by atoms with Gasteiger partial charge in [0.1, 0.15) is 5.75 Å². The van der Waals surface area contributed by atoms with Crippen molar-refractivity contribution in [1.29, 1.82) is 0 Å². The molecule has 0 spiro atoms. The topological polar surface area (TPSA) is 87.4 Å². The molecule has 0 aromatic heterocycles. The highest BCUT2D eigenvalue weighted by molar-refractivity contribution is 5.81. The standard InChI is InChI=1S/C29H29N3O2/c30-27(22-10-4-1-5-11-22)26(29(34)31-20-21-16-18-25(33)19-17-21)28(23-12-6-2-7-13-23)32-24-14-8-3-9-15-24/h1-19,26-28,32-33H,20,30H2,(H,31,34). The highest BCUT2D eigenvalue weighted by Gasteiger charge is 2.35. The van der Waals surface area contributed by atoms with Gasteiger partial charge in [0.15, 0.2) is 0 Å². The van der Waals surface area contributed by atoms with E-state index in [1.807, 2.05) is 91.0 Å². The number of nitrogens with two attached hydrogens (primary N) is 1. The summed E-state index contributed by atoms with van der Waals surface area (Å²) in [6.45, 7) is 0.337. The fourth-order valence-corrected chi connectivity index (χ4v) is 4.08. The van der Waals surface area contributed by atoms with Gasteiger partial charge in [0.05, 0.1) is 12.0 Å². The van der Waals surface area contributed by atoms with Crippen molar-refractivity contribution in [3.63, 3.8) is 0 Å². The number of phenolic OH excluding ortho intramolecular Hbond substituents is 1. The molecule has 0 aliphatic heterocycles. The van der Waals surface area contributed by atoms with Gasteiger partial charge >= 0.3 is 0 Å². The minimum Gasteiger partial charge on any atom is -0.508 e. The first-order valence-corrected chi connectivity index (χ1v) is 11.3. The Bertz CT molecular complexity index is 1170. The Morgan fingerprint density at radius 2 is 1.26 bits per heavy atom. The third-order valence-electron chi connectivity index (χ3n) is 5.89. The number of carbonyl (C=O) groups is 1. The van der Waals surface area contributed by atoms with Crippen LogP contribution in [0.3, 0.4) is 0 Å². The highest BCUT2D eigenvalue weighted by atomic mass is 16.3. The van der Waals surface area contributed by atoms with E-state index in [4.69, 9.17) is 5.73 Å². The monoisotopic (exact) mass is 451 g/mol. The molecule has 34 heavy (non-hydrogen) atoms. The lowest BCUT2D eigenvalue weighted by molar-refractivity contribution is -0.126. The lowest BCUT2D eigenvalue weighted by Crippen LogP contribution is -2.42. The van der Waals surface area contributed by atoms with Crippen molar-refractivity contribution in [1.82, 2.24) is 5.32 Å². The van der Waals surface area contributed by atoms with Crippen molar-refractivity contribution in [2.45, 2.75) is 18.6 Å². The molecule has 5 N–H and O–H groups in total. The molecule has 4 aromatic rings. The molecule has 0 aliphatic carbocycles. The number of rotatable bonds is 9. The Morgan fingerprint density at radius 3 is 1.85 bits per heavy atom. The summed E-state index contributed by atoms with van der Waals surface area (Å²) in [7, 11) is 0. The third-order valence-corrected chi connectivity index (χ3v) is 5.89. The number of phenols is 1. The van der Waals surface area contributed by atoms with E-state index < -0.39 is 12.0 Å². The van der Waals surface area contributed by atoms with E-state index >= 15 is 0 Å². The van der Waals surface area contributed by atoms with E-state index in [0.717, 1.165) is 22.4 Å². The van der Waals surface area contributed by atoms with Gasteiger partial charge in [0.2, 0.25) is 5.91 Å². The van der Waals surface area contributed by atoms with Gasteiger partial charge in [-0.15, -0.1) is 0 Å². The summed E-state index contributed by atoms with van der Waals surface area (Å²) in [6, 6.07) is 35.4. The van der Waals surface area contributed by atoms with Crippen molar-refractivity contribution >= 4 is 11.6 Å². The maximum absolute atomic E-state index is 13.7. The number of hydrogen-bond donors (Lipinski definition) is 4. The number of aromatic hydroxyl groups is 1. The average molecular weight is 452 g/mol. The van der Waals surface area contributed by atoms with Crippen LogP contribution in [0.25, 0.3) is 0 Å². The molecule has 172 valence electrons. The zero-order valence-electron chi connectivity index (χ0n) is 18.8. The Labute approximate surface area is 200 Å². The van der Waals surface area contributed by atoms with Gasteiger partial charge in [-0.2, -0.15) is 0 Å². The number of benzene rings is 4. The van der Waals surface area contributed by atoms with Crippen LogP contribution in [0.1, 0.15) is 28.8 Å². The fraction of sp³-hybridized carbons (Fsp3) is 0.138. The van der Waals surface area contributed by atoms with Crippen molar-refractivity contribution < 1.29 is 9.90 Å². The van der Waals surface area contributed by atoms with E-state index in [9.17, 15) is 9.90 Å². The quantitative estimate of drug-likeness (QED) is 0.282. The molecule has 5 nitrogen and oxygen atoms in total. The molecule has 3 atom stereocenters. The van der Waals surface area contributed by atoms with Gasteiger partial charge in [-0.1, -0.05) is 91.0 Å². The van der Waals surface area contributed by atoms with Crippen LogP contribution in [0, 0.1) is 5.92 Å². The first-order valence-electron chi connectivity index (χ1n) is 11.3. The van der Waals surface area contributed by atoms with Crippen LogP contribution in [0.5, 0.6) is 5.75 Å². The van der Waals surface area contributed by atoms with Crippen molar-refractivity contribution in [3.8, 4) is 5.75 Å². The Kier molecular flexibility index (Phi) is 7.58. The van der Waals surface area contributed by atoms with Crippen LogP contribution in [-0.2, 0) is 11.3 Å². The molecule has 5 heteroatoms. The van der Waals surface area contributed by atoms with Gasteiger partial charge in [-0.05, 0) is 41.0 Å². The molecule has 0 heterocycles. The minimum atomic E-state index is -0.595. The molecule has 3 unspecified atom stereocenters. The average Bonchev–Trinajstić information content (AvgIpc) is 2.89. The number of nitrogens with one attached hydrogen (secondary N) is 2. The van der Waals surface area contributed by atoms with Crippen LogP contribution in [0.15, 0.2) is 115 Å². The van der Waals surface area contributed by atoms with Crippen LogP contribution in [-0.4, -0.2) is 11.0 Å². The summed E-state index contributed by atoms with van der Waals surface area (Å²) in [5.41, 5.74) is 10.5. The lowest BCUT2D eigenvalue weighted by atomic mass is 9.83. The SMILES string of the molecule is NC(c1ccccc1)C(C(=O)NCc1ccc(O)cc1)C(Nc1ccccc1)c1ccccc1. The van der Waals surface area contributed by atoms with E-state index in [-0.39, 0.29) is 17.7 Å². The second-order valence-corrected chi connectivity index (χ2v) is 8.25. The van der Waals surface area contributed by atoms with Crippen LogP contribution >= 0.6 is 0 Å². The Morgan fingerprint density at radius 1 is 0.735 bits per heavy atom. The summed E-state index contributed by atoms with van der Waals surface area (Å²) >= 11 is 0. The first kappa shape index (κ1) is 23.1. The van der Waals surface area contributed by atoms with E-state index in [1.165, 1.54) is 0 Å². The maximum atomic E-state index is 13.7. The van der Waals surface area contributed by atoms with E-state index in [2.05, 4.69) is 10.6 Å². The molecule has 0 fully saturated rings. The van der Waals surface area contributed by atoms with Gasteiger partial charge < -0.3 is 21.5 Å². The van der Waals surface area contributed by atoms with Crippen molar-refractivity contribution in [2.75, 3.05) is 5.32 Å². The second kappa shape index (κ2) is 11.2. The summed E-state index contributed by atoms with van der Waals surface area (Å²) in [5, 5.41) is 16.2. The predicted molar refractivity (Wildman–Crippen MR) is 136 cm³/mol. The molecular formula is C29H29N3O2. The lowest BCUT2D eigenvalue weighted by Gasteiger charge is -2.33. The smallest absolute Gasteiger partial charge is 0.227 e. The molecule has 0 aliphatic rings. The maximum Gasteiger partial charge on any atom is 0.227 e. The summed E-state index contributed by atoms with van der Waals surface area (Å²) < 4.78 is 0. The molecule has 0 saturated carbocycles. The number of para-hydroxylation sites is 1. The van der Waals surface area contributed by atoms with Gasteiger partial charge in [-0.25, -0.2) is 0 Å². The first-order chi connectivity index (χ1) is 16.6. The van der Waals surface area contributed by atoms with E-state index in [0.29, 0.717) is 6.54 Å². The van der Waals surface area contributed by atoms with Crippen LogP contribution < -0.4 is 16.4 Å². The van der Waals surface area contributed by atoms with E-state index in [1.54, 1.807) is 24.3 Å². The van der Waals surface area contributed by atoms with Gasteiger partial charge in [-0.3, -0.25) is 4.79 Å². The van der Waals surface area contributed by atoms with Gasteiger partial charge in [0, 0.05) is 18.3 Å². The molecule has 1 amide bonds. The van der Waals surface area contributed by atoms with Crippen molar-refractivity contribution in [3.05, 3.63) is 132 Å². The molecule has 4 aromatic carbocycles. The molecular weight excluding hydrogens is 422 g/mol. The Hall–Kier alpha value is -4.09. The zero-order valence-corrected chi connectivity index (χ0v) is 18.8. The number of carbonyl (C=O) groups excluding carboxylic acids is 1. The zero-order chi connectivity index (χ0) is 23.8. The number of anilines is 1.